The molecule has 0 aromatic heterocycles. The van der Waals surface area contributed by atoms with E-state index >= 15 is 0 Å². The van der Waals surface area contributed by atoms with Crippen molar-refractivity contribution in [1.82, 2.24) is 0 Å². The summed E-state index contributed by atoms with van der Waals surface area (Å²) in [6.45, 7) is 5.89. The van der Waals surface area contributed by atoms with Crippen molar-refractivity contribution in [2.24, 2.45) is 5.16 Å². The van der Waals surface area contributed by atoms with Crippen LogP contribution in [0, 0.1) is 11.3 Å². The first-order valence-electron chi connectivity index (χ1n) is 8.10. The third-order valence-electron chi connectivity index (χ3n) is 3.65. The largest absolute Gasteiger partial charge is 0.383 e. The Bertz CT molecular complexity index is 789. The number of hydrogen-bond acceptors (Lipinski definition) is 4. The molecule has 0 spiro atoms. The van der Waals surface area contributed by atoms with E-state index in [1.54, 1.807) is 37.4 Å². The third kappa shape index (κ3) is 5.47. The fourth-order valence-electron chi connectivity index (χ4n) is 2.11. The summed E-state index contributed by atoms with van der Waals surface area (Å²) in [5.41, 5.74) is 3.19. The second-order valence-electron chi connectivity index (χ2n) is 5.99. The molecule has 1 N–H and O–H groups in total. The lowest BCUT2D eigenvalue weighted by molar-refractivity contribution is -0.126. The van der Waals surface area contributed by atoms with E-state index in [9.17, 15) is 4.79 Å². The first-order valence-corrected chi connectivity index (χ1v) is 8.10. The number of hydrogen-bond donors (Lipinski definition) is 1. The lowest BCUT2D eigenvalue weighted by atomic mass is 10.0. The SMILES string of the molecule is CC(O/N=C/c1ccc(C(C)C)cc1)C(=O)Nc1cccc(C#N)c1. The summed E-state index contributed by atoms with van der Waals surface area (Å²) < 4.78 is 0. The third-order valence-corrected chi connectivity index (χ3v) is 3.65. The highest BCUT2D eigenvalue weighted by Gasteiger charge is 2.14. The second-order valence-corrected chi connectivity index (χ2v) is 5.99. The van der Waals surface area contributed by atoms with Gasteiger partial charge in [-0.25, -0.2) is 0 Å². The Labute approximate surface area is 147 Å². The second kappa shape index (κ2) is 8.65. The molecule has 0 saturated heterocycles. The number of carbonyl (C=O) groups excluding carboxylic acids is 1. The maximum absolute atomic E-state index is 12.1. The number of carbonyl (C=O) groups is 1. The Kier molecular flexibility index (Phi) is 6.30. The number of nitrogens with one attached hydrogen (secondary N) is 1. The van der Waals surface area contributed by atoms with Gasteiger partial charge in [0, 0.05) is 5.69 Å². The van der Waals surface area contributed by atoms with Gasteiger partial charge in [0.05, 0.1) is 17.8 Å². The van der Waals surface area contributed by atoms with Crippen LogP contribution in [0.1, 0.15) is 43.4 Å². The van der Waals surface area contributed by atoms with E-state index in [0.717, 1.165) is 5.56 Å². The molecular formula is C20H21N3O2. The maximum atomic E-state index is 12.1. The Balaban J connectivity index is 1.89. The minimum atomic E-state index is -0.753. The number of amides is 1. The van der Waals surface area contributed by atoms with Crippen molar-refractivity contribution >= 4 is 17.8 Å². The first-order chi connectivity index (χ1) is 12.0. The quantitative estimate of drug-likeness (QED) is 0.639. The van der Waals surface area contributed by atoms with Gasteiger partial charge in [0.15, 0.2) is 0 Å². The Hall–Kier alpha value is -3.13. The number of benzene rings is 2. The Morgan fingerprint density at radius 2 is 1.92 bits per heavy atom. The molecule has 25 heavy (non-hydrogen) atoms. The summed E-state index contributed by atoms with van der Waals surface area (Å²) in [6.07, 6.45) is 0.821. The highest BCUT2D eigenvalue weighted by molar-refractivity contribution is 5.94. The van der Waals surface area contributed by atoms with Gasteiger partial charge in [0.25, 0.3) is 5.91 Å². The van der Waals surface area contributed by atoms with E-state index in [0.29, 0.717) is 17.2 Å². The molecule has 2 aromatic carbocycles. The summed E-state index contributed by atoms with van der Waals surface area (Å²) in [5, 5.41) is 15.4. The molecule has 5 nitrogen and oxygen atoms in total. The van der Waals surface area contributed by atoms with Gasteiger partial charge < -0.3 is 10.2 Å². The van der Waals surface area contributed by atoms with Gasteiger partial charge in [0.2, 0.25) is 6.10 Å². The van der Waals surface area contributed by atoms with Crippen molar-refractivity contribution in [2.75, 3.05) is 5.32 Å². The molecule has 0 bridgehead atoms. The van der Waals surface area contributed by atoms with Gasteiger partial charge in [-0.1, -0.05) is 49.3 Å². The molecule has 2 aromatic rings. The van der Waals surface area contributed by atoms with Gasteiger partial charge >= 0.3 is 0 Å². The zero-order valence-electron chi connectivity index (χ0n) is 14.6. The molecule has 1 atom stereocenters. The average Bonchev–Trinajstić information content (AvgIpc) is 2.62. The monoisotopic (exact) mass is 335 g/mol. The lowest BCUT2D eigenvalue weighted by Gasteiger charge is -2.10. The van der Waals surface area contributed by atoms with E-state index in [1.165, 1.54) is 5.56 Å². The number of nitrogens with zero attached hydrogens (tertiary/aromatic N) is 2. The standard InChI is InChI=1S/C20H21N3O2/c1-14(2)18-9-7-16(8-10-18)13-22-25-15(3)20(24)23-19-6-4-5-17(11-19)12-21/h4-11,13-15H,1-3H3,(H,23,24)/b22-13+. The van der Waals surface area contributed by atoms with Gasteiger partial charge in [-0.2, -0.15) is 5.26 Å². The summed E-state index contributed by atoms with van der Waals surface area (Å²) in [5.74, 6) is 0.146. The van der Waals surface area contributed by atoms with Crippen LogP contribution >= 0.6 is 0 Å². The molecule has 1 amide bonds. The van der Waals surface area contributed by atoms with Crippen molar-refractivity contribution in [3.63, 3.8) is 0 Å². The van der Waals surface area contributed by atoms with Crippen molar-refractivity contribution < 1.29 is 9.63 Å². The van der Waals surface area contributed by atoms with Crippen LogP contribution in [-0.4, -0.2) is 18.2 Å². The smallest absolute Gasteiger partial charge is 0.267 e. The first kappa shape index (κ1) is 18.2. The number of anilines is 1. The van der Waals surface area contributed by atoms with Crippen LogP contribution in [0.5, 0.6) is 0 Å². The van der Waals surface area contributed by atoms with Crippen LogP contribution in [0.3, 0.4) is 0 Å². The van der Waals surface area contributed by atoms with Crippen LogP contribution < -0.4 is 5.32 Å². The van der Waals surface area contributed by atoms with E-state index in [2.05, 4.69) is 24.3 Å². The molecule has 0 heterocycles. The molecule has 0 fully saturated rings. The number of rotatable bonds is 6. The molecule has 5 heteroatoms. The molecule has 0 aliphatic carbocycles. The van der Waals surface area contributed by atoms with Crippen LogP contribution in [0.4, 0.5) is 5.69 Å². The number of oxime groups is 1. The predicted molar refractivity (Wildman–Crippen MR) is 98.5 cm³/mol. The highest BCUT2D eigenvalue weighted by atomic mass is 16.6. The molecule has 128 valence electrons. The molecule has 0 saturated carbocycles. The minimum Gasteiger partial charge on any atom is -0.383 e. The van der Waals surface area contributed by atoms with Crippen molar-refractivity contribution in [2.45, 2.75) is 32.8 Å². The zero-order chi connectivity index (χ0) is 18.2. The van der Waals surface area contributed by atoms with Crippen LogP contribution in [0.2, 0.25) is 0 Å². The van der Waals surface area contributed by atoms with E-state index in [4.69, 9.17) is 10.1 Å². The van der Waals surface area contributed by atoms with Crippen molar-refractivity contribution in [1.29, 1.82) is 5.26 Å². The molecular weight excluding hydrogens is 314 g/mol. The summed E-state index contributed by atoms with van der Waals surface area (Å²) in [7, 11) is 0. The van der Waals surface area contributed by atoms with E-state index < -0.39 is 6.10 Å². The molecule has 0 aliphatic rings. The van der Waals surface area contributed by atoms with Gasteiger partial charge in [-0.3, -0.25) is 4.79 Å². The number of nitriles is 1. The van der Waals surface area contributed by atoms with Crippen LogP contribution in [0.25, 0.3) is 0 Å². The molecule has 0 radical (unpaired) electrons. The fraction of sp³-hybridized carbons (Fsp3) is 0.250. The summed E-state index contributed by atoms with van der Waals surface area (Å²) in [6, 6.07) is 16.7. The van der Waals surface area contributed by atoms with Gasteiger partial charge in [-0.15, -0.1) is 0 Å². The van der Waals surface area contributed by atoms with E-state index in [1.807, 2.05) is 30.3 Å². The highest BCUT2D eigenvalue weighted by Crippen LogP contribution is 2.14. The molecule has 0 aliphatic heterocycles. The predicted octanol–water partition coefficient (Wildman–Crippen LogP) is 4.06. The van der Waals surface area contributed by atoms with Crippen LogP contribution in [0.15, 0.2) is 53.7 Å². The zero-order valence-corrected chi connectivity index (χ0v) is 14.6. The lowest BCUT2D eigenvalue weighted by Crippen LogP contribution is -2.26. The van der Waals surface area contributed by atoms with Gasteiger partial charge in [0.1, 0.15) is 0 Å². The molecule has 1 unspecified atom stereocenters. The van der Waals surface area contributed by atoms with Crippen molar-refractivity contribution in [3.05, 3.63) is 65.2 Å². The Morgan fingerprint density at radius 1 is 1.20 bits per heavy atom. The minimum absolute atomic E-state index is 0.331. The van der Waals surface area contributed by atoms with Crippen LogP contribution in [-0.2, 0) is 9.63 Å². The normalized spacial score (nSPS) is 12.0. The topological polar surface area (TPSA) is 74.5 Å². The maximum Gasteiger partial charge on any atom is 0.267 e. The van der Waals surface area contributed by atoms with Crippen molar-refractivity contribution in [3.8, 4) is 6.07 Å². The average molecular weight is 335 g/mol. The Morgan fingerprint density at radius 3 is 2.56 bits per heavy atom. The van der Waals surface area contributed by atoms with E-state index in [-0.39, 0.29) is 5.91 Å². The van der Waals surface area contributed by atoms with Gasteiger partial charge in [-0.05, 0) is 42.2 Å². The molecule has 2 rings (SSSR count). The summed E-state index contributed by atoms with van der Waals surface area (Å²) >= 11 is 0. The summed E-state index contributed by atoms with van der Waals surface area (Å²) in [4.78, 5) is 17.3. The fourth-order valence-corrected chi connectivity index (χ4v) is 2.11.